The highest BCUT2D eigenvalue weighted by Crippen LogP contribution is 2.30. The fourth-order valence-corrected chi connectivity index (χ4v) is 3.12. The van der Waals surface area contributed by atoms with Crippen molar-refractivity contribution in [3.63, 3.8) is 0 Å². The summed E-state index contributed by atoms with van der Waals surface area (Å²) in [4.78, 5) is 28.7. The first-order chi connectivity index (χ1) is 10.0. The Balaban J connectivity index is 1.94. The Bertz CT molecular complexity index is 377. The van der Waals surface area contributed by atoms with Gasteiger partial charge in [-0.25, -0.2) is 0 Å². The first kappa shape index (κ1) is 16.3. The van der Waals surface area contributed by atoms with Crippen LogP contribution in [-0.4, -0.2) is 47.3 Å². The van der Waals surface area contributed by atoms with E-state index in [-0.39, 0.29) is 11.8 Å². The van der Waals surface area contributed by atoms with Crippen LogP contribution in [-0.2, 0) is 9.59 Å². The van der Waals surface area contributed by atoms with Crippen molar-refractivity contribution in [2.75, 3.05) is 19.6 Å². The van der Waals surface area contributed by atoms with Crippen molar-refractivity contribution in [1.29, 1.82) is 0 Å². The van der Waals surface area contributed by atoms with Crippen molar-refractivity contribution >= 4 is 11.8 Å². The molecule has 4 nitrogen and oxygen atoms in total. The molecule has 0 bridgehead atoms. The predicted molar refractivity (Wildman–Crippen MR) is 83.8 cm³/mol. The van der Waals surface area contributed by atoms with Gasteiger partial charge in [0.15, 0.2) is 0 Å². The third-order valence-corrected chi connectivity index (χ3v) is 4.64. The molecule has 1 aliphatic carbocycles. The minimum atomic E-state index is 0.0296. The van der Waals surface area contributed by atoms with E-state index >= 15 is 0 Å². The summed E-state index contributed by atoms with van der Waals surface area (Å²) < 4.78 is 0. The van der Waals surface area contributed by atoms with Crippen LogP contribution in [0, 0.1) is 11.8 Å². The lowest BCUT2D eigenvalue weighted by atomic mass is 9.95. The van der Waals surface area contributed by atoms with Crippen LogP contribution in [0.2, 0.25) is 0 Å². The highest BCUT2D eigenvalue weighted by atomic mass is 16.2. The summed E-state index contributed by atoms with van der Waals surface area (Å²) >= 11 is 0. The molecule has 0 radical (unpaired) electrons. The second kappa shape index (κ2) is 7.28. The van der Waals surface area contributed by atoms with Crippen molar-refractivity contribution < 1.29 is 9.59 Å². The maximum Gasteiger partial charge on any atom is 0.227 e. The van der Waals surface area contributed by atoms with Gasteiger partial charge in [0.05, 0.1) is 5.92 Å². The first-order valence-electron chi connectivity index (χ1n) is 8.61. The third-order valence-electron chi connectivity index (χ3n) is 4.64. The summed E-state index contributed by atoms with van der Waals surface area (Å²) in [6, 6.07) is 0.480. The van der Waals surface area contributed by atoms with Gasteiger partial charge in [-0.2, -0.15) is 0 Å². The van der Waals surface area contributed by atoms with Gasteiger partial charge in [-0.05, 0) is 38.0 Å². The van der Waals surface area contributed by atoms with E-state index in [1.54, 1.807) is 0 Å². The average Bonchev–Trinajstić information content (AvgIpc) is 3.31. The van der Waals surface area contributed by atoms with Gasteiger partial charge in [-0.1, -0.05) is 20.8 Å². The van der Waals surface area contributed by atoms with Gasteiger partial charge in [0.25, 0.3) is 0 Å². The van der Waals surface area contributed by atoms with Crippen LogP contribution in [0.1, 0.15) is 59.3 Å². The van der Waals surface area contributed by atoms with E-state index in [4.69, 9.17) is 0 Å². The van der Waals surface area contributed by atoms with E-state index in [0.717, 1.165) is 45.2 Å². The van der Waals surface area contributed by atoms with E-state index in [2.05, 4.69) is 18.7 Å². The van der Waals surface area contributed by atoms with Gasteiger partial charge in [0.2, 0.25) is 11.8 Å². The van der Waals surface area contributed by atoms with Crippen LogP contribution in [0.25, 0.3) is 0 Å². The zero-order valence-corrected chi connectivity index (χ0v) is 13.8. The molecular formula is C17H30N2O2. The molecule has 1 unspecified atom stereocenters. The van der Waals surface area contributed by atoms with E-state index in [1.807, 2.05) is 11.8 Å². The summed E-state index contributed by atoms with van der Waals surface area (Å²) in [5.41, 5.74) is 0. The Labute approximate surface area is 128 Å². The molecule has 4 heteroatoms. The van der Waals surface area contributed by atoms with Crippen LogP contribution in [0.4, 0.5) is 0 Å². The standard InChI is InChI=1S/C17H30N2O2/c1-4-16(20)18-10-5-6-14(12-18)17(21)19(15-7-8-15)11-9-13(2)3/h13-15H,4-12H2,1-3H3. The van der Waals surface area contributed by atoms with Gasteiger partial charge in [0.1, 0.15) is 0 Å². The summed E-state index contributed by atoms with van der Waals surface area (Å²) in [6.07, 6.45) is 5.84. The lowest BCUT2D eigenvalue weighted by Gasteiger charge is -2.35. The van der Waals surface area contributed by atoms with Gasteiger partial charge < -0.3 is 9.80 Å². The number of hydrogen-bond donors (Lipinski definition) is 0. The fraction of sp³-hybridized carbons (Fsp3) is 0.882. The molecular weight excluding hydrogens is 264 g/mol. The molecule has 1 atom stereocenters. The van der Waals surface area contributed by atoms with Gasteiger partial charge in [-0.3, -0.25) is 9.59 Å². The molecule has 2 fully saturated rings. The predicted octanol–water partition coefficient (Wildman–Crippen LogP) is 2.67. The van der Waals surface area contributed by atoms with Crippen molar-refractivity contribution in [2.45, 2.75) is 65.3 Å². The van der Waals surface area contributed by atoms with Crippen LogP contribution in [0.5, 0.6) is 0 Å². The van der Waals surface area contributed by atoms with E-state index < -0.39 is 0 Å². The second-order valence-corrected chi connectivity index (χ2v) is 6.98. The van der Waals surface area contributed by atoms with Crippen molar-refractivity contribution in [3.8, 4) is 0 Å². The molecule has 1 saturated carbocycles. The summed E-state index contributed by atoms with van der Waals surface area (Å²) in [5.74, 6) is 1.14. The van der Waals surface area contributed by atoms with E-state index in [0.29, 0.717) is 30.8 Å². The highest BCUT2D eigenvalue weighted by molar-refractivity contribution is 5.81. The zero-order chi connectivity index (χ0) is 15.4. The molecule has 2 aliphatic rings. The lowest BCUT2D eigenvalue weighted by molar-refractivity contribution is -0.141. The number of rotatable bonds is 6. The Hall–Kier alpha value is -1.06. The van der Waals surface area contributed by atoms with Crippen LogP contribution in [0.15, 0.2) is 0 Å². The number of hydrogen-bond acceptors (Lipinski definition) is 2. The van der Waals surface area contributed by atoms with Crippen molar-refractivity contribution in [2.24, 2.45) is 11.8 Å². The smallest absolute Gasteiger partial charge is 0.227 e. The second-order valence-electron chi connectivity index (χ2n) is 6.98. The Morgan fingerprint density at radius 3 is 2.52 bits per heavy atom. The van der Waals surface area contributed by atoms with E-state index in [1.165, 1.54) is 0 Å². The minimum absolute atomic E-state index is 0.0296. The largest absolute Gasteiger partial charge is 0.342 e. The van der Waals surface area contributed by atoms with Gasteiger partial charge in [0, 0.05) is 32.1 Å². The Kier molecular flexibility index (Phi) is 5.65. The molecule has 1 aliphatic heterocycles. The molecule has 1 heterocycles. The Morgan fingerprint density at radius 1 is 1.24 bits per heavy atom. The van der Waals surface area contributed by atoms with E-state index in [9.17, 15) is 9.59 Å². The number of nitrogens with zero attached hydrogens (tertiary/aromatic N) is 2. The summed E-state index contributed by atoms with van der Waals surface area (Å²) in [5, 5.41) is 0. The number of carbonyl (C=O) groups excluding carboxylic acids is 2. The zero-order valence-electron chi connectivity index (χ0n) is 13.8. The van der Waals surface area contributed by atoms with Crippen LogP contribution < -0.4 is 0 Å². The van der Waals surface area contributed by atoms with Gasteiger partial charge in [-0.15, -0.1) is 0 Å². The number of likely N-dealkylation sites (tertiary alicyclic amines) is 1. The fourth-order valence-electron chi connectivity index (χ4n) is 3.12. The average molecular weight is 294 g/mol. The topological polar surface area (TPSA) is 40.6 Å². The highest BCUT2D eigenvalue weighted by Gasteiger charge is 2.37. The minimum Gasteiger partial charge on any atom is -0.342 e. The molecule has 0 aromatic heterocycles. The number of carbonyl (C=O) groups is 2. The normalized spacial score (nSPS) is 22.5. The maximum atomic E-state index is 12.8. The monoisotopic (exact) mass is 294 g/mol. The molecule has 0 N–H and O–H groups in total. The SMILES string of the molecule is CCC(=O)N1CCCC(C(=O)N(CCC(C)C)C2CC2)C1. The molecule has 21 heavy (non-hydrogen) atoms. The Morgan fingerprint density at radius 2 is 1.95 bits per heavy atom. The quantitative estimate of drug-likeness (QED) is 0.755. The summed E-state index contributed by atoms with van der Waals surface area (Å²) in [6.45, 7) is 8.66. The number of amides is 2. The summed E-state index contributed by atoms with van der Waals surface area (Å²) in [7, 11) is 0. The van der Waals surface area contributed by atoms with Gasteiger partial charge >= 0.3 is 0 Å². The molecule has 120 valence electrons. The number of piperidine rings is 1. The molecule has 2 rings (SSSR count). The lowest BCUT2D eigenvalue weighted by Crippen LogP contribution is -2.47. The molecule has 0 aromatic carbocycles. The third kappa shape index (κ3) is 4.45. The molecule has 1 saturated heterocycles. The van der Waals surface area contributed by atoms with Crippen molar-refractivity contribution in [3.05, 3.63) is 0 Å². The molecule has 2 amide bonds. The first-order valence-corrected chi connectivity index (χ1v) is 8.61. The molecule has 0 spiro atoms. The van der Waals surface area contributed by atoms with Crippen LogP contribution in [0.3, 0.4) is 0 Å². The maximum absolute atomic E-state index is 12.8. The van der Waals surface area contributed by atoms with Crippen LogP contribution >= 0.6 is 0 Å². The molecule has 0 aromatic rings. The van der Waals surface area contributed by atoms with Crippen molar-refractivity contribution in [1.82, 2.24) is 9.80 Å².